The van der Waals surface area contributed by atoms with E-state index in [4.69, 9.17) is 17.3 Å². The average Bonchev–Trinajstić information content (AvgIpc) is 2.75. The summed E-state index contributed by atoms with van der Waals surface area (Å²) >= 11 is 5.93. The van der Waals surface area contributed by atoms with Gasteiger partial charge in [-0.25, -0.2) is 14.4 Å². The molecule has 0 amide bonds. The lowest BCUT2D eigenvalue weighted by molar-refractivity contribution is 0.596. The number of piperazine rings is 1. The van der Waals surface area contributed by atoms with Gasteiger partial charge in [0.25, 0.3) is 0 Å². The molecule has 3 aromatic rings. The predicted molar refractivity (Wildman–Crippen MR) is 116 cm³/mol. The molecule has 8 heteroatoms. The molecule has 0 aliphatic carbocycles. The number of nitrogens with zero attached hydrogens (tertiary/aromatic N) is 4. The highest BCUT2D eigenvalue weighted by Gasteiger charge is 2.22. The molecule has 2 aromatic carbocycles. The van der Waals surface area contributed by atoms with Crippen molar-refractivity contribution in [1.82, 2.24) is 9.97 Å². The van der Waals surface area contributed by atoms with Crippen LogP contribution < -0.4 is 20.9 Å². The number of aromatic nitrogens is 2. The molecule has 150 valence electrons. The van der Waals surface area contributed by atoms with Crippen LogP contribution in [0.5, 0.6) is 0 Å². The zero-order chi connectivity index (χ0) is 20.2. The third-order valence-corrected chi connectivity index (χ3v) is 5.26. The molecule has 6 nitrogen and oxygen atoms in total. The minimum absolute atomic E-state index is 0.198. The van der Waals surface area contributed by atoms with E-state index in [1.807, 2.05) is 41.3 Å². The fraction of sp³-hybridized carbons (Fsp3) is 0.238. The Morgan fingerprint density at radius 2 is 1.66 bits per heavy atom. The van der Waals surface area contributed by atoms with Gasteiger partial charge in [-0.2, -0.15) is 0 Å². The summed E-state index contributed by atoms with van der Waals surface area (Å²) in [6.07, 6.45) is 1.51. The Balaban J connectivity index is 1.42. The lowest BCUT2D eigenvalue weighted by atomic mass is 10.2. The molecule has 1 saturated heterocycles. The molecule has 1 aliphatic rings. The maximum Gasteiger partial charge on any atom is 0.157 e. The highest BCUT2D eigenvalue weighted by Crippen LogP contribution is 2.28. The first-order valence-corrected chi connectivity index (χ1v) is 9.83. The van der Waals surface area contributed by atoms with Crippen molar-refractivity contribution >= 4 is 34.6 Å². The number of rotatable bonds is 5. The second-order valence-electron chi connectivity index (χ2n) is 6.87. The van der Waals surface area contributed by atoms with E-state index in [1.54, 1.807) is 6.07 Å². The van der Waals surface area contributed by atoms with E-state index in [0.717, 1.165) is 5.56 Å². The minimum atomic E-state index is -0.198. The van der Waals surface area contributed by atoms with Crippen molar-refractivity contribution in [2.45, 2.75) is 6.54 Å². The Hall–Kier alpha value is -3.06. The van der Waals surface area contributed by atoms with Crippen LogP contribution in [0.1, 0.15) is 5.56 Å². The summed E-state index contributed by atoms with van der Waals surface area (Å²) in [6.45, 7) is 3.37. The van der Waals surface area contributed by atoms with Gasteiger partial charge < -0.3 is 20.9 Å². The van der Waals surface area contributed by atoms with Crippen LogP contribution in [0.25, 0.3) is 0 Å². The maximum absolute atomic E-state index is 14.0. The average molecular weight is 413 g/mol. The largest absolute Gasteiger partial charge is 0.393 e. The molecule has 0 radical (unpaired) electrons. The SMILES string of the molecule is Nc1c(NCc2ccc(Cl)cc2)ncnc1N1CCN(c2ccccc2F)CC1. The number of halogens is 2. The minimum Gasteiger partial charge on any atom is -0.393 e. The topological polar surface area (TPSA) is 70.3 Å². The van der Waals surface area contributed by atoms with E-state index >= 15 is 0 Å². The van der Waals surface area contributed by atoms with Gasteiger partial charge in [0.2, 0.25) is 0 Å². The summed E-state index contributed by atoms with van der Waals surface area (Å²) in [7, 11) is 0. The van der Waals surface area contributed by atoms with Crippen molar-refractivity contribution in [2.75, 3.05) is 47.0 Å². The van der Waals surface area contributed by atoms with Crippen LogP contribution in [0.3, 0.4) is 0 Å². The standard InChI is InChI=1S/C21H22ClFN6/c22-16-7-5-15(6-8-16)13-25-20-19(24)21(27-14-26-20)29-11-9-28(10-12-29)18-4-2-1-3-17(18)23/h1-8,14H,9-13,24H2,(H,25,26,27). The Bertz CT molecular complexity index is 973. The number of para-hydroxylation sites is 1. The lowest BCUT2D eigenvalue weighted by Gasteiger charge is -2.37. The monoisotopic (exact) mass is 412 g/mol. The first-order chi connectivity index (χ1) is 14.1. The number of nitrogen functional groups attached to an aromatic ring is 1. The molecule has 1 aliphatic heterocycles. The first-order valence-electron chi connectivity index (χ1n) is 9.45. The smallest absolute Gasteiger partial charge is 0.157 e. The molecule has 3 N–H and O–H groups in total. The van der Waals surface area contributed by atoms with Crippen molar-refractivity contribution in [1.29, 1.82) is 0 Å². The van der Waals surface area contributed by atoms with Crippen molar-refractivity contribution in [2.24, 2.45) is 0 Å². The zero-order valence-electron chi connectivity index (χ0n) is 15.9. The van der Waals surface area contributed by atoms with Crippen LogP contribution in [-0.2, 0) is 6.54 Å². The summed E-state index contributed by atoms with van der Waals surface area (Å²) in [4.78, 5) is 12.8. The Labute approximate surface area is 174 Å². The Morgan fingerprint density at radius 1 is 0.966 bits per heavy atom. The van der Waals surface area contributed by atoms with Crippen LogP contribution in [-0.4, -0.2) is 36.1 Å². The van der Waals surface area contributed by atoms with Crippen molar-refractivity contribution in [3.8, 4) is 0 Å². The molecule has 0 saturated carbocycles. The predicted octanol–water partition coefficient (Wildman–Crippen LogP) is 3.79. The van der Waals surface area contributed by atoms with Gasteiger partial charge in [0.15, 0.2) is 11.6 Å². The number of benzene rings is 2. The summed E-state index contributed by atoms with van der Waals surface area (Å²) in [6, 6.07) is 14.5. The van der Waals surface area contributed by atoms with Gasteiger partial charge in [0.05, 0.1) is 5.69 Å². The first kappa shape index (κ1) is 19.3. The van der Waals surface area contributed by atoms with Crippen LogP contribution in [0.15, 0.2) is 54.9 Å². The highest BCUT2D eigenvalue weighted by molar-refractivity contribution is 6.30. The molecule has 1 fully saturated rings. The molecule has 0 spiro atoms. The number of hydrogen-bond acceptors (Lipinski definition) is 6. The van der Waals surface area contributed by atoms with Crippen LogP contribution in [0, 0.1) is 5.82 Å². The molecule has 0 unspecified atom stereocenters. The van der Waals surface area contributed by atoms with Crippen molar-refractivity contribution in [3.05, 3.63) is 71.3 Å². The number of nitrogens with one attached hydrogen (secondary N) is 1. The second kappa shape index (κ2) is 8.53. The Kier molecular flexibility index (Phi) is 5.67. The molecule has 0 atom stereocenters. The van der Waals surface area contributed by atoms with E-state index in [2.05, 4.69) is 20.2 Å². The molecule has 1 aromatic heterocycles. The maximum atomic E-state index is 14.0. The Morgan fingerprint density at radius 3 is 2.38 bits per heavy atom. The molecule has 29 heavy (non-hydrogen) atoms. The van der Waals surface area contributed by atoms with E-state index in [9.17, 15) is 4.39 Å². The lowest BCUT2D eigenvalue weighted by Crippen LogP contribution is -2.47. The third-order valence-electron chi connectivity index (χ3n) is 5.01. The molecular formula is C21H22ClFN6. The third kappa shape index (κ3) is 4.35. The number of nitrogens with two attached hydrogens (primary N) is 1. The number of anilines is 4. The molecule has 2 heterocycles. The van der Waals surface area contributed by atoms with Gasteiger partial charge in [-0.3, -0.25) is 0 Å². The van der Waals surface area contributed by atoms with Gasteiger partial charge >= 0.3 is 0 Å². The normalized spacial score (nSPS) is 14.1. The molecule has 0 bridgehead atoms. The molecular weight excluding hydrogens is 391 g/mol. The van der Waals surface area contributed by atoms with Gasteiger partial charge in [0.1, 0.15) is 17.8 Å². The van der Waals surface area contributed by atoms with Crippen LogP contribution in [0.2, 0.25) is 5.02 Å². The van der Waals surface area contributed by atoms with Gasteiger partial charge in [-0.05, 0) is 29.8 Å². The van der Waals surface area contributed by atoms with Crippen molar-refractivity contribution < 1.29 is 4.39 Å². The van der Waals surface area contributed by atoms with Gasteiger partial charge in [-0.15, -0.1) is 0 Å². The van der Waals surface area contributed by atoms with E-state index in [-0.39, 0.29) is 5.82 Å². The second-order valence-corrected chi connectivity index (χ2v) is 7.30. The zero-order valence-corrected chi connectivity index (χ0v) is 16.6. The van der Waals surface area contributed by atoms with Gasteiger partial charge in [0, 0.05) is 37.7 Å². The fourth-order valence-electron chi connectivity index (χ4n) is 3.43. The molecule has 4 rings (SSSR count). The highest BCUT2D eigenvalue weighted by atomic mass is 35.5. The number of hydrogen-bond donors (Lipinski definition) is 2. The van der Waals surface area contributed by atoms with Crippen molar-refractivity contribution in [3.63, 3.8) is 0 Å². The van der Waals surface area contributed by atoms with E-state index < -0.39 is 0 Å². The van der Waals surface area contributed by atoms with Crippen LogP contribution >= 0.6 is 11.6 Å². The summed E-state index contributed by atoms with van der Waals surface area (Å²) in [5, 5.41) is 3.97. The summed E-state index contributed by atoms with van der Waals surface area (Å²) in [5.41, 5.74) is 8.57. The quantitative estimate of drug-likeness (QED) is 0.664. The summed E-state index contributed by atoms with van der Waals surface area (Å²) in [5.74, 6) is 1.10. The van der Waals surface area contributed by atoms with E-state index in [0.29, 0.717) is 60.8 Å². The fourth-order valence-corrected chi connectivity index (χ4v) is 3.56. The van der Waals surface area contributed by atoms with Gasteiger partial charge in [-0.1, -0.05) is 35.9 Å². The van der Waals surface area contributed by atoms with E-state index in [1.165, 1.54) is 12.4 Å². The van der Waals surface area contributed by atoms with Crippen LogP contribution in [0.4, 0.5) is 27.4 Å². The summed E-state index contributed by atoms with van der Waals surface area (Å²) < 4.78 is 14.0.